The summed E-state index contributed by atoms with van der Waals surface area (Å²) in [5.41, 5.74) is 0. The van der Waals surface area contributed by atoms with Crippen molar-refractivity contribution in [3.8, 4) is 0 Å². The zero-order chi connectivity index (χ0) is 11.1. The monoisotopic (exact) mass is 212 g/mol. The standard InChI is InChI=1S/C13H28N2/c1-4-5-9-15(10-12(2)3)11-13-7-6-8-14-13/h12-14H,4-11H2,1-3H3. The molecule has 1 heterocycles. The average molecular weight is 212 g/mol. The lowest BCUT2D eigenvalue weighted by molar-refractivity contribution is 0.221. The molecule has 0 saturated carbocycles. The van der Waals surface area contributed by atoms with Crippen molar-refractivity contribution in [2.24, 2.45) is 5.92 Å². The van der Waals surface area contributed by atoms with Crippen molar-refractivity contribution < 1.29 is 0 Å². The van der Waals surface area contributed by atoms with Gasteiger partial charge in [0.2, 0.25) is 0 Å². The van der Waals surface area contributed by atoms with Crippen molar-refractivity contribution in [2.45, 2.75) is 52.5 Å². The summed E-state index contributed by atoms with van der Waals surface area (Å²) in [6, 6.07) is 0.764. The molecular formula is C13H28N2. The van der Waals surface area contributed by atoms with Crippen molar-refractivity contribution in [1.82, 2.24) is 10.2 Å². The van der Waals surface area contributed by atoms with Gasteiger partial charge in [-0.3, -0.25) is 0 Å². The number of hydrogen-bond donors (Lipinski definition) is 1. The van der Waals surface area contributed by atoms with Gasteiger partial charge < -0.3 is 10.2 Å². The van der Waals surface area contributed by atoms with Gasteiger partial charge in [-0.05, 0) is 38.3 Å². The van der Waals surface area contributed by atoms with Crippen LogP contribution in [0.2, 0.25) is 0 Å². The van der Waals surface area contributed by atoms with Gasteiger partial charge in [0.15, 0.2) is 0 Å². The second-order valence-electron chi connectivity index (χ2n) is 5.30. The highest BCUT2D eigenvalue weighted by molar-refractivity contribution is 4.78. The normalized spacial score (nSPS) is 21.8. The topological polar surface area (TPSA) is 15.3 Å². The first-order chi connectivity index (χ1) is 7.22. The lowest BCUT2D eigenvalue weighted by Crippen LogP contribution is -2.39. The molecule has 1 atom stereocenters. The molecule has 0 spiro atoms. The molecule has 1 aliphatic rings. The van der Waals surface area contributed by atoms with Gasteiger partial charge in [0.25, 0.3) is 0 Å². The summed E-state index contributed by atoms with van der Waals surface area (Å²) in [5.74, 6) is 0.795. The molecule has 90 valence electrons. The van der Waals surface area contributed by atoms with Crippen molar-refractivity contribution in [3.05, 3.63) is 0 Å². The summed E-state index contributed by atoms with van der Waals surface area (Å²) in [6.45, 7) is 12.0. The van der Waals surface area contributed by atoms with E-state index in [1.165, 1.54) is 51.9 Å². The number of hydrogen-bond acceptors (Lipinski definition) is 2. The van der Waals surface area contributed by atoms with Crippen LogP contribution in [0.4, 0.5) is 0 Å². The smallest absolute Gasteiger partial charge is 0.0195 e. The van der Waals surface area contributed by atoms with Crippen molar-refractivity contribution in [3.63, 3.8) is 0 Å². The Morgan fingerprint density at radius 3 is 2.73 bits per heavy atom. The third kappa shape index (κ3) is 5.53. The fraction of sp³-hybridized carbons (Fsp3) is 1.00. The van der Waals surface area contributed by atoms with E-state index in [2.05, 4.69) is 31.0 Å². The van der Waals surface area contributed by atoms with Crippen LogP contribution in [-0.2, 0) is 0 Å². The largest absolute Gasteiger partial charge is 0.313 e. The lowest BCUT2D eigenvalue weighted by Gasteiger charge is -2.27. The second-order valence-corrected chi connectivity index (χ2v) is 5.30. The number of rotatable bonds is 7. The van der Waals surface area contributed by atoms with Crippen LogP contribution in [0.5, 0.6) is 0 Å². The Labute approximate surface area is 95.4 Å². The van der Waals surface area contributed by atoms with E-state index in [-0.39, 0.29) is 0 Å². The first-order valence-electron chi connectivity index (χ1n) is 6.68. The summed E-state index contributed by atoms with van der Waals surface area (Å²) in [7, 11) is 0. The van der Waals surface area contributed by atoms with Crippen LogP contribution in [0.3, 0.4) is 0 Å². The second kappa shape index (κ2) is 7.24. The van der Waals surface area contributed by atoms with Gasteiger partial charge in [-0.2, -0.15) is 0 Å². The Hall–Kier alpha value is -0.0800. The van der Waals surface area contributed by atoms with E-state index in [0.717, 1.165) is 12.0 Å². The molecule has 0 aromatic heterocycles. The molecule has 2 nitrogen and oxygen atoms in total. The Morgan fingerprint density at radius 1 is 1.40 bits per heavy atom. The van der Waals surface area contributed by atoms with Crippen molar-refractivity contribution >= 4 is 0 Å². The zero-order valence-corrected chi connectivity index (χ0v) is 10.8. The molecule has 1 saturated heterocycles. The van der Waals surface area contributed by atoms with Gasteiger partial charge in [-0.25, -0.2) is 0 Å². The van der Waals surface area contributed by atoms with E-state index in [1.54, 1.807) is 0 Å². The molecule has 0 aromatic carbocycles. The van der Waals surface area contributed by atoms with Gasteiger partial charge in [-0.15, -0.1) is 0 Å². The molecular weight excluding hydrogens is 184 g/mol. The zero-order valence-electron chi connectivity index (χ0n) is 10.8. The number of nitrogens with one attached hydrogen (secondary N) is 1. The highest BCUT2D eigenvalue weighted by Gasteiger charge is 2.17. The quantitative estimate of drug-likeness (QED) is 0.697. The molecule has 1 N–H and O–H groups in total. The van der Waals surface area contributed by atoms with Crippen molar-refractivity contribution in [1.29, 1.82) is 0 Å². The predicted molar refractivity (Wildman–Crippen MR) is 67.2 cm³/mol. The van der Waals surface area contributed by atoms with E-state index in [0.29, 0.717) is 0 Å². The molecule has 0 bridgehead atoms. The summed E-state index contributed by atoms with van der Waals surface area (Å²) in [4.78, 5) is 2.65. The Bertz CT molecular complexity index is 151. The Morgan fingerprint density at radius 2 is 2.20 bits per heavy atom. The molecule has 1 fully saturated rings. The average Bonchev–Trinajstić information content (AvgIpc) is 2.66. The predicted octanol–water partition coefficient (Wildman–Crippen LogP) is 2.50. The summed E-state index contributed by atoms with van der Waals surface area (Å²) in [6.07, 6.45) is 5.40. The van der Waals surface area contributed by atoms with Gasteiger partial charge in [0.05, 0.1) is 0 Å². The minimum atomic E-state index is 0.764. The molecule has 0 aliphatic carbocycles. The fourth-order valence-electron chi connectivity index (χ4n) is 2.38. The summed E-state index contributed by atoms with van der Waals surface area (Å²) in [5, 5.41) is 3.60. The van der Waals surface area contributed by atoms with E-state index in [1.807, 2.05) is 0 Å². The maximum absolute atomic E-state index is 3.60. The van der Waals surface area contributed by atoms with E-state index in [9.17, 15) is 0 Å². The minimum Gasteiger partial charge on any atom is -0.313 e. The van der Waals surface area contributed by atoms with Crippen LogP contribution in [-0.4, -0.2) is 37.1 Å². The van der Waals surface area contributed by atoms with Crippen LogP contribution in [0.15, 0.2) is 0 Å². The Kier molecular flexibility index (Phi) is 6.26. The highest BCUT2D eigenvalue weighted by Crippen LogP contribution is 2.09. The summed E-state index contributed by atoms with van der Waals surface area (Å²) >= 11 is 0. The SMILES string of the molecule is CCCCN(CC(C)C)CC1CCCN1. The third-order valence-corrected chi connectivity index (χ3v) is 3.09. The Balaban J connectivity index is 2.26. The summed E-state index contributed by atoms with van der Waals surface area (Å²) < 4.78 is 0. The van der Waals surface area contributed by atoms with Gasteiger partial charge in [0.1, 0.15) is 0 Å². The van der Waals surface area contributed by atoms with Gasteiger partial charge >= 0.3 is 0 Å². The van der Waals surface area contributed by atoms with Crippen molar-refractivity contribution in [2.75, 3.05) is 26.2 Å². The maximum atomic E-state index is 3.60. The molecule has 0 amide bonds. The van der Waals surface area contributed by atoms with Crippen LogP contribution in [0.1, 0.15) is 46.5 Å². The van der Waals surface area contributed by atoms with E-state index in [4.69, 9.17) is 0 Å². The first kappa shape index (κ1) is 13.0. The molecule has 1 aliphatic heterocycles. The van der Waals surface area contributed by atoms with Crippen LogP contribution in [0.25, 0.3) is 0 Å². The molecule has 0 radical (unpaired) electrons. The molecule has 1 rings (SSSR count). The molecule has 1 unspecified atom stereocenters. The number of nitrogens with zero attached hydrogens (tertiary/aromatic N) is 1. The van der Waals surface area contributed by atoms with E-state index >= 15 is 0 Å². The van der Waals surface area contributed by atoms with Crippen LogP contribution >= 0.6 is 0 Å². The highest BCUT2D eigenvalue weighted by atomic mass is 15.2. The molecule has 2 heteroatoms. The van der Waals surface area contributed by atoms with Gasteiger partial charge in [0, 0.05) is 19.1 Å². The van der Waals surface area contributed by atoms with Gasteiger partial charge in [-0.1, -0.05) is 27.2 Å². The lowest BCUT2D eigenvalue weighted by atomic mass is 10.1. The van der Waals surface area contributed by atoms with Crippen LogP contribution in [0, 0.1) is 5.92 Å². The maximum Gasteiger partial charge on any atom is 0.0195 e. The van der Waals surface area contributed by atoms with E-state index < -0.39 is 0 Å². The van der Waals surface area contributed by atoms with Crippen LogP contribution < -0.4 is 5.32 Å². The number of unbranched alkanes of at least 4 members (excludes halogenated alkanes) is 1. The molecule has 0 aromatic rings. The minimum absolute atomic E-state index is 0.764. The first-order valence-corrected chi connectivity index (χ1v) is 6.68. The third-order valence-electron chi connectivity index (χ3n) is 3.09. The molecule has 15 heavy (non-hydrogen) atoms. The fourth-order valence-corrected chi connectivity index (χ4v) is 2.38.